The number of benzene rings is 2. The number of hydrogen-bond acceptors (Lipinski definition) is 1. The molecule has 1 unspecified atom stereocenters. The summed E-state index contributed by atoms with van der Waals surface area (Å²) >= 11 is 0. The summed E-state index contributed by atoms with van der Waals surface area (Å²) in [5.74, 6) is 0. The van der Waals surface area contributed by atoms with Crippen molar-refractivity contribution in [3.63, 3.8) is 0 Å². The van der Waals surface area contributed by atoms with Crippen molar-refractivity contribution < 1.29 is 0 Å². The van der Waals surface area contributed by atoms with Crippen molar-refractivity contribution in [2.75, 3.05) is 0 Å². The van der Waals surface area contributed by atoms with Crippen LogP contribution in [0.2, 0.25) is 0 Å². The Hall–Kier alpha value is -1.60. The zero-order valence-corrected chi connectivity index (χ0v) is 11.2. The molecule has 2 aromatic rings. The normalized spacial score (nSPS) is 20.4. The molecule has 0 saturated carbocycles. The van der Waals surface area contributed by atoms with Crippen molar-refractivity contribution in [1.29, 1.82) is 0 Å². The highest BCUT2D eigenvalue weighted by Gasteiger charge is 2.19. The van der Waals surface area contributed by atoms with Gasteiger partial charge in [-0.3, -0.25) is 0 Å². The minimum Gasteiger partial charge on any atom is -0.324 e. The van der Waals surface area contributed by atoms with Crippen LogP contribution in [0, 0.1) is 0 Å². The SMILES string of the molecule is NC1CCc2cc(-c3ccc4c(c3)CCC4)ccc21. The zero-order valence-electron chi connectivity index (χ0n) is 11.2. The van der Waals surface area contributed by atoms with Gasteiger partial charge in [-0.1, -0.05) is 36.4 Å². The Labute approximate surface area is 114 Å². The van der Waals surface area contributed by atoms with Gasteiger partial charge in [0.05, 0.1) is 0 Å². The van der Waals surface area contributed by atoms with E-state index in [1.165, 1.54) is 41.5 Å². The first-order chi connectivity index (χ1) is 9.31. The predicted octanol–water partition coefficient (Wildman–Crippen LogP) is 3.79. The summed E-state index contributed by atoms with van der Waals surface area (Å²) in [4.78, 5) is 0. The van der Waals surface area contributed by atoms with Crippen LogP contribution in [0.15, 0.2) is 36.4 Å². The fourth-order valence-electron chi connectivity index (χ4n) is 3.58. The number of rotatable bonds is 1. The van der Waals surface area contributed by atoms with Crippen molar-refractivity contribution >= 4 is 0 Å². The number of fused-ring (bicyclic) bond motifs is 2. The molecule has 0 aliphatic heterocycles. The molecule has 0 heterocycles. The topological polar surface area (TPSA) is 26.0 Å². The first-order valence-electron chi connectivity index (χ1n) is 7.32. The van der Waals surface area contributed by atoms with Gasteiger partial charge in [-0.25, -0.2) is 0 Å². The lowest BCUT2D eigenvalue weighted by Crippen LogP contribution is -2.04. The van der Waals surface area contributed by atoms with Crippen molar-refractivity contribution in [3.05, 3.63) is 58.7 Å². The van der Waals surface area contributed by atoms with Crippen LogP contribution < -0.4 is 5.73 Å². The van der Waals surface area contributed by atoms with Crippen LogP contribution in [0.5, 0.6) is 0 Å². The number of nitrogens with two attached hydrogens (primary N) is 1. The maximum absolute atomic E-state index is 6.11. The third-order valence-electron chi connectivity index (χ3n) is 4.70. The Kier molecular flexibility index (Phi) is 2.49. The van der Waals surface area contributed by atoms with E-state index in [9.17, 15) is 0 Å². The minimum absolute atomic E-state index is 0.254. The second-order valence-electron chi connectivity index (χ2n) is 5.90. The lowest BCUT2D eigenvalue weighted by molar-refractivity contribution is 0.713. The molecule has 2 aromatic carbocycles. The van der Waals surface area contributed by atoms with Crippen LogP contribution in [-0.4, -0.2) is 0 Å². The summed E-state index contributed by atoms with van der Waals surface area (Å²) in [6.07, 6.45) is 6.06. The van der Waals surface area contributed by atoms with Crippen molar-refractivity contribution in [3.8, 4) is 11.1 Å². The van der Waals surface area contributed by atoms with E-state index in [1.807, 2.05) is 0 Å². The average molecular weight is 249 g/mol. The van der Waals surface area contributed by atoms with E-state index in [0.717, 1.165) is 12.8 Å². The molecule has 0 radical (unpaired) electrons. The molecule has 1 nitrogen and oxygen atoms in total. The summed E-state index contributed by atoms with van der Waals surface area (Å²) in [6, 6.07) is 14.1. The van der Waals surface area contributed by atoms with Gasteiger partial charge < -0.3 is 5.73 Å². The quantitative estimate of drug-likeness (QED) is 0.817. The van der Waals surface area contributed by atoms with E-state index in [2.05, 4.69) is 36.4 Å². The summed E-state index contributed by atoms with van der Waals surface area (Å²) in [5.41, 5.74) is 14.7. The van der Waals surface area contributed by atoms with Crippen LogP contribution in [0.25, 0.3) is 11.1 Å². The van der Waals surface area contributed by atoms with Crippen molar-refractivity contribution in [2.45, 2.75) is 38.1 Å². The molecule has 2 N–H and O–H groups in total. The molecule has 0 spiro atoms. The molecule has 1 atom stereocenters. The number of hydrogen-bond donors (Lipinski definition) is 1. The lowest BCUT2D eigenvalue weighted by atomic mass is 9.97. The molecule has 4 rings (SSSR count). The van der Waals surface area contributed by atoms with Gasteiger partial charge in [0.25, 0.3) is 0 Å². The Morgan fingerprint density at radius 1 is 0.789 bits per heavy atom. The monoisotopic (exact) mass is 249 g/mol. The van der Waals surface area contributed by atoms with Gasteiger partial charge in [-0.05, 0) is 65.5 Å². The molecule has 0 fully saturated rings. The molecule has 0 aromatic heterocycles. The Morgan fingerprint density at radius 3 is 2.42 bits per heavy atom. The predicted molar refractivity (Wildman–Crippen MR) is 79.2 cm³/mol. The highest BCUT2D eigenvalue weighted by atomic mass is 14.6. The standard InChI is InChI=1S/C18H19N/c19-18-9-7-16-11-15(6-8-17(16)18)14-5-4-12-2-1-3-13(12)10-14/h4-6,8,10-11,18H,1-3,7,9,19H2. The summed E-state index contributed by atoms with van der Waals surface area (Å²) < 4.78 is 0. The van der Waals surface area contributed by atoms with E-state index in [0.29, 0.717) is 0 Å². The molecular formula is C18H19N. The van der Waals surface area contributed by atoms with E-state index >= 15 is 0 Å². The second-order valence-corrected chi connectivity index (χ2v) is 5.90. The van der Waals surface area contributed by atoms with Gasteiger partial charge in [0.2, 0.25) is 0 Å². The van der Waals surface area contributed by atoms with Crippen LogP contribution in [0.3, 0.4) is 0 Å². The lowest BCUT2D eigenvalue weighted by Gasteiger charge is -2.09. The van der Waals surface area contributed by atoms with Crippen molar-refractivity contribution in [1.82, 2.24) is 0 Å². The zero-order chi connectivity index (χ0) is 12.8. The van der Waals surface area contributed by atoms with Crippen molar-refractivity contribution in [2.24, 2.45) is 5.73 Å². The number of aryl methyl sites for hydroxylation is 3. The van der Waals surface area contributed by atoms with Crippen LogP contribution in [-0.2, 0) is 19.3 Å². The molecule has 19 heavy (non-hydrogen) atoms. The molecule has 1 heteroatoms. The minimum atomic E-state index is 0.254. The molecule has 0 bridgehead atoms. The Balaban J connectivity index is 1.77. The first kappa shape index (κ1) is 11.2. The fourth-order valence-corrected chi connectivity index (χ4v) is 3.58. The molecule has 0 saturated heterocycles. The maximum Gasteiger partial charge on any atom is 0.0300 e. The van der Waals surface area contributed by atoms with Crippen LogP contribution in [0.4, 0.5) is 0 Å². The second kappa shape index (κ2) is 4.21. The average Bonchev–Trinajstić information content (AvgIpc) is 3.04. The van der Waals surface area contributed by atoms with Gasteiger partial charge >= 0.3 is 0 Å². The fraction of sp³-hybridized carbons (Fsp3) is 0.333. The van der Waals surface area contributed by atoms with Crippen LogP contribution >= 0.6 is 0 Å². The highest BCUT2D eigenvalue weighted by molar-refractivity contribution is 5.67. The van der Waals surface area contributed by atoms with Gasteiger partial charge in [-0.15, -0.1) is 0 Å². The largest absolute Gasteiger partial charge is 0.324 e. The van der Waals surface area contributed by atoms with Gasteiger partial charge in [0, 0.05) is 6.04 Å². The summed E-state index contributed by atoms with van der Waals surface area (Å²) in [7, 11) is 0. The first-order valence-corrected chi connectivity index (χ1v) is 7.32. The third-order valence-corrected chi connectivity index (χ3v) is 4.70. The third kappa shape index (κ3) is 1.81. The molecule has 2 aliphatic carbocycles. The highest BCUT2D eigenvalue weighted by Crippen LogP contribution is 2.34. The van der Waals surface area contributed by atoms with Crippen LogP contribution in [0.1, 0.15) is 41.1 Å². The Bertz CT molecular complexity index is 642. The molecule has 0 amide bonds. The molecule has 96 valence electrons. The van der Waals surface area contributed by atoms with E-state index in [1.54, 1.807) is 11.1 Å². The van der Waals surface area contributed by atoms with Gasteiger partial charge in [0.1, 0.15) is 0 Å². The summed E-state index contributed by atoms with van der Waals surface area (Å²) in [6.45, 7) is 0. The van der Waals surface area contributed by atoms with Gasteiger partial charge in [0.15, 0.2) is 0 Å². The maximum atomic E-state index is 6.11. The van der Waals surface area contributed by atoms with E-state index < -0.39 is 0 Å². The molecule has 2 aliphatic rings. The van der Waals surface area contributed by atoms with E-state index in [-0.39, 0.29) is 6.04 Å². The van der Waals surface area contributed by atoms with Gasteiger partial charge in [-0.2, -0.15) is 0 Å². The van der Waals surface area contributed by atoms with E-state index in [4.69, 9.17) is 5.73 Å². The Morgan fingerprint density at radius 2 is 1.53 bits per heavy atom. The summed E-state index contributed by atoms with van der Waals surface area (Å²) in [5, 5.41) is 0. The molecular weight excluding hydrogens is 230 g/mol. The smallest absolute Gasteiger partial charge is 0.0300 e.